The van der Waals surface area contributed by atoms with Crippen molar-refractivity contribution in [2.75, 3.05) is 33.7 Å². The summed E-state index contributed by atoms with van der Waals surface area (Å²) in [6.45, 7) is 20.6. The van der Waals surface area contributed by atoms with Gasteiger partial charge in [0, 0.05) is 109 Å². The molecule has 22 aromatic rings. The van der Waals surface area contributed by atoms with Crippen molar-refractivity contribution in [3.05, 3.63) is 400 Å². The van der Waals surface area contributed by atoms with Crippen molar-refractivity contribution in [1.82, 2.24) is 96.8 Å². The Morgan fingerprint density at radius 3 is 1.01 bits per heavy atom. The van der Waals surface area contributed by atoms with E-state index >= 15 is 0 Å². The Balaban J connectivity index is 0.000000115. The van der Waals surface area contributed by atoms with E-state index in [1.54, 1.807) is 56.4 Å². The minimum atomic E-state index is -0.313. The standard InChI is InChI=1S/C26H25N5.C25H22ClN5.C20H18FN5O.C19H16FN5.C18H14IN5/c1-17-9-13-21(14-10-17)28-25-15-22(30-18(2)11-12-19(30)3)16-26(29-25)31-20(4)27-23-7-5-6-8-24(23)31;1-16-8-9-17(2)30(16)21-14-24(28-20-12-10-19(26)11-13-20)29-25(15-21)31-18(3)27-22-6-4-5-7-23(22)31;1-3-19-24-16-9-4-13(21)10-17(16)26(19)20-12-22-11-18(25-20)23-14-5-7-15(27-2)8-6-14;1-2-18-23-15-9-8-13(20)10-16(15)25(18)19-12-21-11-17(24-19)22-14-6-4-3-5-7-14;1-12-21-15-4-2-3-5-16(15)24(12)18-11-20-10-17(23-18)22-14-8-6-13(19)7-9-14/h5-16H,1-4H3,(H,28,29);4-15H,1-3H3,(H,28,29);4-12H,3H2,1-2H3,(H,23,25);3-12H,2H2,1H3,(H,22,24);2-11H,1H3,(H,22,23). The molecule has 30 heteroatoms. The molecular formula is C108H95ClF2IN25O. The molecule has 10 aromatic carbocycles. The van der Waals surface area contributed by atoms with Gasteiger partial charge in [-0.3, -0.25) is 37.8 Å². The van der Waals surface area contributed by atoms with E-state index in [1.165, 1.54) is 56.2 Å². The number of rotatable bonds is 20. The first kappa shape index (κ1) is 91.8. The molecule has 26 nitrogen and oxygen atoms in total. The third-order valence-corrected chi connectivity index (χ3v) is 23.8. The van der Waals surface area contributed by atoms with E-state index in [4.69, 9.17) is 41.3 Å². The number of halogens is 4. The maximum Gasteiger partial charge on any atom is 0.159 e. The highest BCUT2D eigenvalue weighted by atomic mass is 127. The fourth-order valence-corrected chi connectivity index (χ4v) is 17.0. The summed E-state index contributed by atoms with van der Waals surface area (Å²) in [5.74, 6) is 11.5. The minimum Gasteiger partial charge on any atom is -0.497 e. The average molecular weight is 1960 g/mol. The summed E-state index contributed by atoms with van der Waals surface area (Å²) in [5.41, 5.74) is 21.5. The van der Waals surface area contributed by atoms with Crippen LogP contribution in [0.2, 0.25) is 5.02 Å². The van der Waals surface area contributed by atoms with Gasteiger partial charge in [-0.25, -0.2) is 58.6 Å². The molecule has 12 heterocycles. The number of nitrogens with zero attached hydrogens (tertiary/aromatic N) is 20. The number of benzene rings is 10. The molecule has 0 fully saturated rings. The second-order valence-electron chi connectivity index (χ2n) is 32.6. The number of hydrogen-bond donors (Lipinski definition) is 5. The van der Waals surface area contributed by atoms with Crippen molar-refractivity contribution in [3.63, 3.8) is 0 Å². The summed E-state index contributed by atoms with van der Waals surface area (Å²) in [4.78, 5) is 59.9. The molecule has 0 aliphatic heterocycles. The lowest BCUT2D eigenvalue weighted by molar-refractivity contribution is 0.415. The highest BCUT2D eigenvalue weighted by Crippen LogP contribution is 2.34. The van der Waals surface area contributed by atoms with Gasteiger partial charge < -0.3 is 40.5 Å². The van der Waals surface area contributed by atoms with E-state index in [9.17, 15) is 8.78 Å². The van der Waals surface area contributed by atoms with Gasteiger partial charge in [-0.2, -0.15) is 0 Å². The summed E-state index contributed by atoms with van der Waals surface area (Å²) in [5, 5.41) is 17.3. The molecule has 0 saturated carbocycles. The lowest BCUT2D eigenvalue weighted by Gasteiger charge is -2.16. The van der Waals surface area contributed by atoms with Crippen molar-refractivity contribution in [1.29, 1.82) is 0 Å². The fourth-order valence-electron chi connectivity index (χ4n) is 16.5. The molecule has 686 valence electrons. The van der Waals surface area contributed by atoms with Crippen LogP contribution in [-0.4, -0.2) is 104 Å². The number of aryl methyl sites for hydroxylation is 10. The largest absolute Gasteiger partial charge is 0.497 e. The van der Waals surface area contributed by atoms with Crippen LogP contribution in [0.5, 0.6) is 5.75 Å². The predicted octanol–water partition coefficient (Wildman–Crippen LogP) is 25.7. The first-order chi connectivity index (χ1) is 67.1. The highest BCUT2D eigenvalue weighted by molar-refractivity contribution is 14.1. The zero-order valence-corrected chi connectivity index (χ0v) is 80.3. The van der Waals surface area contributed by atoms with Crippen LogP contribution in [-0.2, 0) is 12.8 Å². The molecular weight excluding hydrogens is 1860 g/mol. The second-order valence-corrected chi connectivity index (χ2v) is 34.3. The van der Waals surface area contributed by atoms with Crippen molar-refractivity contribution in [2.24, 2.45) is 0 Å². The number of fused-ring (bicyclic) bond motifs is 5. The van der Waals surface area contributed by atoms with E-state index < -0.39 is 0 Å². The third kappa shape index (κ3) is 20.7. The van der Waals surface area contributed by atoms with Crippen LogP contribution < -0.4 is 31.3 Å². The quantitative estimate of drug-likeness (QED) is 0.0444. The van der Waals surface area contributed by atoms with Crippen LogP contribution in [0.4, 0.5) is 66.3 Å². The lowest BCUT2D eigenvalue weighted by Crippen LogP contribution is -2.07. The monoisotopic (exact) mass is 1960 g/mol. The van der Waals surface area contributed by atoms with Gasteiger partial charge in [-0.1, -0.05) is 97.7 Å². The number of aromatic nitrogens is 20. The number of ether oxygens (including phenoxy) is 1. The Labute approximate surface area is 813 Å². The maximum atomic E-state index is 13.8. The Morgan fingerprint density at radius 1 is 0.297 bits per heavy atom. The number of nitrogens with one attached hydrogen (secondary N) is 5. The molecule has 0 bridgehead atoms. The molecule has 138 heavy (non-hydrogen) atoms. The van der Waals surface area contributed by atoms with Gasteiger partial charge in [0.2, 0.25) is 0 Å². The third-order valence-electron chi connectivity index (χ3n) is 22.8. The summed E-state index contributed by atoms with van der Waals surface area (Å²) < 4.78 is 48.3. The Hall–Kier alpha value is -16.7. The van der Waals surface area contributed by atoms with E-state index in [0.29, 0.717) is 58.0 Å². The molecule has 0 aliphatic rings. The van der Waals surface area contributed by atoms with E-state index in [2.05, 4.69) is 227 Å². The molecule has 0 aliphatic carbocycles. The molecule has 0 radical (unpaired) electrons. The maximum absolute atomic E-state index is 13.8. The summed E-state index contributed by atoms with van der Waals surface area (Å²) in [6.07, 6.45) is 11.4. The number of pyridine rings is 2. The summed E-state index contributed by atoms with van der Waals surface area (Å²) in [6, 6.07) is 91.7. The zero-order chi connectivity index (χ0) is 95.6. The van der Waals surface area contributed by atoms with Crippen molar-refractivity contribution in [3.8, 4) is 46.2 Å². The van der Waals surface area contributed by atoms with Gasteiger partial charge in [-0.05, 0) is 260 Å². The van der Waals surface area contributed by atoms with E-state index in [-0.39, 0.29) is 11.6 Å². The van der Waals surface area contributed by atoms with E-state index in [1.807, 2.05) is 212 Å². The second kappa shape index (κ2) is 41.0. The van der Waals surface area contributed by atoms with Crippen LogP contribution in [0.1, 0.15) is 71.3 Å². The van der Waals surface area contributed by atoms with Crippen LogP contribution in [0.3, 0.4) is 0 Å². The first-order valence-electron chi connectivity index (χ1n) is 44.7. The van der Waals surface area contributed by atoms with Crippen LogP contribution >= 0.6 is 34.2 Å². The van der Waals surface area contributed by atoms with Crippen molar-refractivity contribution >= 4 is 147 Å². The number of methoxy groups -OCH3 is 1. The molecule has 0 spiro atoms. The molecule has 0 unspecified atom stereocenters. The SMILES string of the molecule is CCc1nc2ccc(F)cc2n1-c1cncc(Nc2ccc(OC)cc2)n1.CCc1nc2ccc(F)cc2n1-c1cncc(Nc2ccccc2)n1.Cc1ccc(C)n1-c1cc(Nc2ccc(Cl)cc2)nc(-n2c(C)nc3ccccc32)c1.Cc1ccc(Nc2cc(-n3c(C)ccc3C)cc(-n3c(C)nc4ccccc43)n2)cc1.Cc1nc2ccccc2n1-c1cncc(Nc2ccc(I)cc2)n1. The van der Waals surface area contributed by atoms with Gasteiger partial charge in [0.25, 0.3) is 0 Å². The predicted molar refractivity (Wildman–Crippen MR) is 556 cm³/mol. The van der Waals surface area contributed by atoms with Gasteiger partial charge in [0.05, 0.1) is 111 Å². The average Bonchev–Trinajstić information content (AvgIpc) is 1.65. The zero-order valence-electron chi connectivity index (χ0n) is 77.4. The first-order valence-corrected chi connectivity index (χ1v) is 46.2. The van der Waals surface area contributed by atoms with Crippen LogP contribution in [0.25, 0.3) is 95.6 Å². The Kier molecular flexibility index (Phi) is 27.3. The fraction of sp³-hybridized carbons (Fsp3) is 0.120. The van der Waals surface area contributed by atoms with Gasteiger partial charge in [0.15, 0.2) is 34.9 Å². The Morgan fingerprint density at radius 2 is 0.623 bits per heavy atom. The number of hydrogen-bond acceptors (Lipinski definition) is 19. The molecule has 22 rings (SSSR count). The molecule has 5 N–H and O–H groups in total. The van der Waals surface area contributed by atoms with Crippen LogP contribution in [0, 0.1) is 70.6 Å². The summed E-state index contributed by atoms with van der Waals surface area (Å²) in [7, 11) is 1.63. The summed E-state index contributed by atoms with van der Waals surface area (Å²) >= 11 is 8.34. The number of para-hydroxylation sites is 7. The number of anilines is 10. The van der Waals surface area contributed by atoms with Gasteiger partial charge >= 0.3 is 0 Å². The topological polar surface area (TPSA) is 271 Å². The molecule has 12 aromatic heterocycles. The van der Waals surface area contributed by atoms with Crippen LogP contribution in [0.15, 0.2) is 322 Å². The van der Waals surface area contributed by atoms with Crippen molar-refractivity contribution < 1.29 is 13.5 Å². The van der Waals surface area contributed by atoms with E-state index in [0.717, 1.165) is 148 Å². The molecule has 0 amide bonds. The molecule has 0 saturated heterocycles. The van der Waals surface area contributed by atoms with Gasteiger partial charge in [-0.15, -0.1) is 0 Å². The van der Waals surface area contributed by atoms with Crippen molar-refractivity contribution in [2.45, 2.75) is 82.1 Å². The lowest BCUT2D eigenvalue weighted by atomic mass is 10.2. The van der Waals surface area contributed by atoms with Gasteiger partial charge in [0.1, 0.15) is 69.8 Å². The number of imidazole rings is 5. The Bertz CT molecular complexity index is 7860. The highest BCUT2D eigenvalue weighted by Gasteiger charge is 2.22. The minimum absolute atomic E-state index is 0.303. The molecule has 0 atom stereocenters. The normalized spacial score (nSPS) is 11.1. The smallest absolute Gasteiger partial charge is 0.159 e.